The number of esters is 1. The molecule has 0 spiro atoms. The molecule has 0 amide bonds. The first-order chi connectivity index (χ1) is 7.15. The molecule has 0 heterocycles. The summed E-state index contributed by atoms with van der Waals surface area (Å²) in [7, 11) is 1.31. The van der Waals surface area contributed by atoms with Gasteiger partial charge in [0.15, 0.2) is 0 Å². The Kier molecular flexibility index (Phi) is 4.06. The van der Waals surface area contributed by atoms with Gasteiger partial charge in [0.1, 0.15) is 0 Å². The molecule has 0 aromatic rings. The zero-order chi connectivity index (χ0) is 11.3. The molecular weight excluding hydrogens is 216 g/mol. The predicted octanol–water partition coefficient (Wildman–Crippen LogP) is 1.90. The second-order valence-corrected chi connectivity index (χ2v) is 3.07. The maximum Gasteiger partial charge on any atom is 0.337 e. The van der Waals surface area contributed by atoms with E-state index in [4.69, 9.17) is 11.6 Å². The van der Waals surface area contributed by atoms with Crippen molar-refractivity contribution >= 4 is 22.8 Å². The molecule has 4 heteroatoms. The SMILES string of the molecule is COC(=O)C1=CC=CC(C(=O)Cl)=CC=C1. The second kappa shape index (κ2) is 5.32. The lowest BCUT2D eigenvalue weighted by molar-refractivity contribution is -0.135. The van der Waals surface area contributed by atoms with Gasteiger partial charge in [0.25, 0.3) is 5.24 Å². The number of carbonyl (C=O) groups is 2. The van der Waals surface area contributed by atoms with Crippen LogP contribution in [-0.2, 0) is 14.3 Å². The van der Waals surface area contributed by atoms with Crippen molar-refractivity contribution in [2.45, 2.75) is 0 Å². The van der Waals surface area contributed by atoms with Crippen molar-refractivity contribution in [3.8, 4) is 0 Å². The van der Waals surface area contributed by atoms with E-state index in [0.29, 0.717) is 11.1 Å². The first-order valence-electron chi connectivity index (χ1n) is 4.20. The van der Waals surface area contributed by atoms with Crippen LogP contribution >= 0.6 is 11.6 Å². The normalized spacial score (nSPS) is 14.8. The van der Waals surface area contributed by atoms with Crippen LogP contribution < -0.4 is 0 Å². The number of rotatable bonds is 2. The van der Waals surface area contributed by atoms with Crippen molar-refractivity contribution < 1.29 is 14.3 Å². The summed E-state index contributed by atoms with van der Waals surface area (Å²) in [6, 6.07) is 0. The van der Waals surface area contributed by atoms with Crippen LogP contribution in [0.15, 0.2) is 47.6 Å². The van der Waals surface area contributed by atoms with E-state index < -0.39 is 11.2 Å². The van der Waals surface area contributed by atoms with Crippen LogP contribution in [0.5, 0.6) is 0 Å². The number of ether oxygens (including phenoxy) is 1. The van der Waals surface area contributed by atoms with Crippen molar-refractivity contribution in [1.29, 1.82) is 0 Å². The topological polar surface area (TPSA) is 43.4 Å². The Hall–Kier alpha value is -1.61. The smallest absolute Gasteiger partial charge is 0.337 e. The van der Waals surface area contributed by atoms with Gasteiger partial charge in [0, 0.05) is 5.57 Å². The highest BCUT2D eigenvalue weighted by Gasteiger charge is 2.06. The summed E-state index contributed by atoms with van der Waals surface area (Å²) in [5.74, 6) is -0.426. The van der Waals surface area contributed by atoms with Gasteiger partial charge in [-0.15, -0.1) is 0 Å². The highest BCUT2D eigenvalue weighted by molar-refractivity contribution is 6.68. The van der Waals surface area contributed by atoms with Crippen LogP contribution in [0.1, 0.15) is 0 Å². The molecule has 3 nitrogen and oxygen atoms in total. The minimum Gasteiger partial charge on any atom is -0.465 e. The van der Waals surface area contributed by atoms with Gasteiger partial charge in [0.2, 0.25) is 0 Å². The largest absolute Gasteiger partial charge is 0.465 e. The molecule has 0 unspecified atom stereocenters. The Bertz CT molecular complexity index is 400. The summed E-state index contributed by atoms with van der Waals surface area (Å²) in [6.45, 7) is 0. The lowest BCUT2D eigenvalue weighted by atomic mass is 10.1. The van der Waals surface area contributed by atoms with E-state index in [9.17, 15) is 9.59 Å². The lowest BCUT2D eigenvalue weighted by Gasteiger charge is -2.00. The van der Waals surface area contributed by atoms with E-state index in [2.05, 4.69) is 4.74 Å². The molecule has 0 saturated carbocycles. The van der Waals surface area contributed by atoms with Gasteiger partial charge in [-0.05, 0) is 23.8 Å². The maximum atomic E-state index is 11.2. The van der Waals surface area contributed by atoms with Crippen LogP contribution in [0.4, 0.5) is 0 Å². The number of halogens is 1. The van der Waals surface area contributed by atoms with Crippen molar-refractivity contribution in [3.05, 3.63) is 47.6 Å². The first kappa shape index (κ1) is 11.5. The van der Waals surface area contributed by atoms with Gasteiger partial charge in [-0.2, -0.15) is 0 Å². The Morgan fingerprint density at radius 2 is 1.67 bits per heavy atom. The number of allylic oxidation sites excluding steroid dienone is 6. The van der Waals surface area contributed by atoms with Gasteiger partial charge in [-0.3, -0.25) is 4.79 Å². The average Bonchev–Trinajstić information content (AvgIpc) is 2.16. The Balaban J connectivity index is 2.91. The molecule has 0 saturated heterocycles. The van der Waals surface area contributed by atoms with Crippen LogP contribution in [-0.4, -0.2) is 18.3 Å². The summed E-state index contributed by atoms with van der Waals surface area (Å²) in [6.07, 6.45) is 9.30. The predicted molar refractivity (Wildman–Crippen MR) is 57.3 cm³/mol. The summed E-state index contributed by atoms with van der Waals surface area (Å²) in [4.78, 5) is 22.0. The van der Waals surface area contributed by atoms with Gasteiger partial charge in [0.05, 0.1) is 12.7 Å². The third-order valence-electron chi connectivity index (χ3n) is 1.75. The molecule has 0 atom stereocenters. The van der Waals surface area contributed by atoms with Crippen LogP contribution in [0.2, 0.25) is 0 Å². The Morgan fingerprint density at radius 3 is 2.20 bits per heavy atom. The zero-order valence-corrected chi connectivity index (χ0v) is 8.82. The molecule has 1 aliphatic carbocycles. The van der Waals surface area contributed by atoms with Crippen LogP contribution in [0.25, 0.3) is 0 Å². The van der Waals surface area contributed by atoms with E-state index in [-0.39, 0.29) is 0 Å². The Morgan fingerprint density at radius 1 is 1.13 bits per heavy atom. The lowest BCUT2D eigenvalue weighted by Crippen LogP contribution is -2.02. The molecule has 0 aromatic carbocycles. The summed E-state index contributed by atoms with van der Waals surface area (Å²) < 4.78 is 4.55. The maximum absolute atomic E-state index is 11.2. The van der Waals surface area contributed by atoms with E-state index in [1.165, 1.54) is 19.3 Å². The molecule has 1 aliphatic rings. The minimum atomic E-state index is -0.536. The van der Waals surface area contributed by atoms with Gasteiger partial charge < -0.3 is 4.74 Å². The fraction of sp³-hybridized carbons (Fsp3) is 0.0909. The molecule has 78 valence electrons. The fourth-order valence-corrected chi connectivity index (χ4v) is 1.13. The zero-order valence-electron chi connectivity index (χ0n) is 8.07. The Labute approximate surface area is 92.4 Å². The van der Waals surface area contributed by atoms with E-state index in [1.54, 1.807) is 24.3 Å². The summed E-state index contributed by atoms with van der Waals surface area (Å²) >= 11 is 5.30. The quantitative estimate of drug-likeness (QED) is 0.532. The van der Waals surface area contributed by atoms with E-state index >= 15 is 0 Å². The number of carbonyl (C=O) groups excluding carboxylic acids is 2. The van der Waals surface area contributed by atoms with Crippen molar-refractivity contribution in [2.24, 2.45) is 0 Å². The number of hydrogen-bond acceptors (Lipinski definition) is 3. The molecule has 0 fully saturated rings. The van der Waals surface area contributed by atoms with Crippen molar-refractivity contribution in [2.75, 3.05) is 7.11 Å². The highest BCUT2D eigenvalue weighted by atomic mass is 35.5. The third kappa shape index (κ3) is 3.22. The standard InChI is InChI=1S/C11H9ClO3/c1-15-11(14)9-6-2-4-8(10(12)13)5-3-7-9/h2-7H,1H3. The number of methoxy groups -OCH3 is 1. The molecular formula is C11H9ClO3. The third-order valence-corrected chi connectivity index (χ3v) is 1.97. The average molecular weight is 225 g/mol. The first-order valence-corrected chi connectivity index (χ1v) is 4.58. The molecule has 0 aliphatic heterocycles. The van der Waals surface area contributed by atoms with Crippen LogP contribution in [0.3, 0.4) is 0 Å². The van der Waals surface area contributed by atoms with E-state index in [1.807, 2.05) is 0 Å². The van der Waals surface area contributed by atoms with Crippen molar-refractivity contribution in [3.63, 3.8) is 0 Å². The molecule has 0 radical (unpaired) electrons. The van der Waals surface area contributed by atoms with Crippen molar-refractivity contribution in [1.82, 2.24) is 0 Å². The monoisotopic (exact) mass is 224 g/mol. The van der Waals surface area contributed by atoms with Gasteiger partial charge in [-0.1, -0.05) is 24.3 Å². The summed E-state index contributed by atoms with van der Waals surface area (Å²) in [5.41, 5.74) is 0.777. The molecule has 1 rings (SSSR count). The molecule has 15 heavy (non-hydrogen) atoms. The van der Waals surface area contributed by atoms with Gasteiger partial charge in [-0.25, -0.2) is 4.79 Å². The van der Waals surface area contributed by atoms with Gasteiger partial charge >= 0.3 is 5.97 Å². The highest BCUT2D eigenvalue weighted by Crippen LogP contribution is 2.09. The van der Waals surface area contributed by atoms with Crippen LogP contribution in [0, 0.1) is 0 Å². The minimum absolute atomic E-state index is 0.369. The molecule has 0 N–H and O–H groups in total. The molecule has 0 aromatic heterocycles. The summed E-state index contributed by atoms with van der Waals surface area (Å²) in [5, 5.41) is -0.536. The number of hydrogen-bond donors (Lipinski definition) is 0. The molecule has 0 bridgehead atoms. The fourth-order valence-electron chi connectivity index (χ4n) is 1.01. The second-order valence-electron chi connectivity index (χ2n) is 2.73. The van der Waals surface area contributed by atoms with E-state index in [0.717, 1.165) is 0 Å².